The Morgan fingerprint density at radius 1 is 1.56 bits per heavy atom. The second-order valence-corrected chi connectivity index (χ2v) is 5.48. The van der Waals surface area contributed by atoms with Crippen molar-refractivity contribution in [2.75, 3.05) is 0 Å². The lowest BCUT2D eigenvalue weighted by atomic mass is 10.1. The molecular weight excluding hydrogens is 222 g/mol. The zero-order valence-corrected chi connectivity index (χ0v) is 9.62. The molecule has 1 aromatic heterocycles. The number of thiazole rings is 1. The van der Waals surface area contributed by atoms with Gasteiger partial charge in [0.1, 0.15) is 0 Å². The molecule has 0 radical (unpaired) electrons. The van der Waals surface area contributed by atoms with Crippen LogP contribution in [0.3, 0.4) is 0 Å². The van der Waals surface area contributed by atoms with Crippen molar-refractivity contribution in [3.63, 3.8) is 0 Å². The van der Waals surface area contributed by atoms with Gasteiger partial charge in [0.05, 0.1) is 21.1 Å². The molecule has 16 heavy (non-hydrogen) atoms. The van der Waals surface area contributed by atoms with E-state index in [-0.39, 0.29) is 11.8 Å². The lowest BCUT2D eigenvalue weighted by molar-refractivity contribution is -0.138. The van der Waals surface area contributed by atoms with Gasteiger partial charge in [-0.15, -0.1) is 11.3 Å². The van der Waals surface area contributed by atoms with Gasteiger partial charge in [-0.05, 0) is 37.0 Å². The van der Waals surface area contributed by atoms with Gasteiger partial charge in [-0.1, -0.05) is 6.07 Å². The summed E-state index contributed by atoms with van der Waals surface area (Å²) in [5.74, 6) is -0.638. The van der Waals surface area contributed by atoms with Gasteiger partial charge >= 0.3 is 5.97 Å². The van der Waals surface area contributed by atoms with Crippen molar-refractivity contribution in [1.82, 2.24) is 4.98 Å². The van der Waals surface area contributed by atoms with Crippen LogP contribution in [-0.4, -0.2) is 16.1 Å². The normalized spacial score (nSPS) is 23.6. The highest BCUT2D eigenvalue weighted by molar-refractivity contribution is 7.18. The molecule has 1 fully saturated rings. The highest BCUT2D eigenvalue weighted by Crippen LogP contribution is 2.48. The second kappa shape index (κ2) is 3.28. The number of aliphatic carboxylic acids is 1. The van der Waals surface area contributed by atoms with Crippen LogP contribution in [0.4, 0.5) is 0 Å². The van der Waals surface area contributed by atoms with Crippen LogP contribution in [0.1, 0.15) is 22.9 Å². The smallest absolute Gasteiger partial charge is 0.307 e. The van der Waals surface area contributed by atoms with E-state index in [4.69, 9.17) is 5.11 Å². The van der Waals surface area contributed by atoms with E-state index in [0.717, 1.165) is 27.2 Å². The van der Waals surface area contributed by atoms with Crippen LogP contribution in [0, 0.1) is 12.8 Å². The van der Waals surface area contributed by atoms with E-state index in [2.05, 4.69) is 11.1 Å². The molecule has 4 heteroatoms. The number of fused-ring (bicyclic) bond motifs is 1. The zero-order chi connectivity index (χ0) is 11.3. The van der Waals surface area contributed by atoms with Crippen LogP contribution in [0.15, 0.2) is 18.2 Å². The summed E-state index contributed by atoms with van der Waals surface area (Å²) in [7, 11) is 0. The highest BCUT2D eigenvalue weighted by Gasteiger charge is 2.44. The molecule has 0 amide bonds. The first kappa shape index (κ1) is 9.78. The van der Waals surface area contributed by atoms with Gasteiger partial charge in [0.25, 0.3) is 0 Å². The van der Waals surface area contributed by atoms with E-state index >= 15 is 0 Å². The maximum atomic E-state index is 10.8. The third-order valence-electron chi connectivity index (χ3n) is 3.06. The average Bonchev–Trinajstić information content (AvgIpc) is 2.94. The maximum absolute atomic E-state index is 10.8. The van der Waals surface area contributed by atoms with E-state index in [1.54, 1.807) is 11.3 Å². The number of carboxylic acid groups (broad SMARTS) is 1. The topological polar surface area (TPSA) is 50.2 Å². The molecule has 1 heterocycles. The summed E-state index contributed by atoms with van der Waals surface area (Å²) >= 11 is 1.66. The van der Waals surface area contributed by atoms with E-state index in [1.807, 2.05) is 19.1 Å². The fourth-order valence-electron chi connectivity index (χ4n) is 2.12. The molecule has 0 spiro atoms. The Morgan fingerprint density at radius 2 is 2.38 bits per heavy atom. The van der Waals surface area contributed by atoms with Gasteiger partial charge < -0.3 is 5.11 Å². The first-order valence-corrected chi connectivity index (χ1v) is 6.06. The Morgan fingerprint density at radius 3 is 3.06 bits per heavy atom. The lowest BCUT2D eigenvalue weighted by Gasteiger charge is -1.97. The Hall–Kier alpha value is -1.42. The largest absolute Gasteiger partial charge is 0.481 e. The minimum Gasteiger partial charge on any atom is -0.481 e. The molecule has 2 unspecified atom stereocenters. The molecule has 1 aromatic carbocycles. The number of aromatic nitrogens is 1. The number of nitrogens with zero attached hydrogens (tertiary/aromatic N) is 1. The van der Waals surface area contributed by atoms with Crippen molar-refractivity contribution in [2.24, 2.45) is 5.92 Å². The molecule has 2 aromatic rings. The first-order chi connectivity index (χ1) is 7.65. The maximum Gasteiger partial charge on any atom is 0.307 e. The summed E-state index contributed by atoms with van der Waals surface area (Å²) in [4.78, 5) is 15.2. The fraction of sp³-hybridized carbons (Fsp3) is 0.333. The Labute approximate surface area is 96.7 Å². The molecule has 1 aliphatic rings. The molecule has 3 rings (SSSR count). The molecule has 3 nitrogen and oxygen atoms in total. The van der Waals surface area contributed by atoms with E-state index in [0.29, 0.717) is 0 Å². The number of hydrogen-bond acceptors (Lipinski definition) is 3. The summed E-state index contributed by atoms with van der Waals surface area (Å²) in [6, 6.07) is 6.09. The van der Waals surface area contributed by atoms with E-state index in [9.17, 15) is 4.79 Å². The minimum atomic E-state index is -0.675. The van der Waals surface area contributed by atoms with Gasteiger partial charge in [-0.3, -0.25) is 4.79 Å². The lowest BCUT2D eigenvalue weighted by Crippen LogP contribution is -1.98. The van der Waals surface area contributed by atoms with Crippen molar-refractivity contribution >= 4 is 27.5 Å². The molecule has 0 aliphatic heterocycles. The predicted octanol–water partition coefficient (Wildman–Crippen LogP) is 2.79. The van der Waals surface area contributed by atoms with Gasteiger partial charge in [-0.2, -0.15) is 0 Å². The molecular formula is C12H11NO2S. The Balaban J connectivity index is 1.97. The van der Waals surface area contributed by atoms with Gasteiger partial charge in [0.2, 0.25) is 0 Å². The number of hydrogen-bond donors (Lipinski definition) is 1. The summed E-state index contributed by atoms with van der Waals surface area (Å²) < 4.78 is 1.16. The standard InChI is InChI=1S/C12H11NO2S/c1-6-13-10-3-2-7(4-11(10)16-6)8-5-9(8)12(14)15/h2-4,8-9H,5H2,1H3,(H,14,15). The highest BCUT2D eigenvalue weighted by atomic mass is 32.1. The van der Waals surface area contributed by atoms with Crippen molar-refractivity contribution < 1.29 is 9.90 Å². The molecule has 1 aliphatic carbocycles. The van der Waals surface area contributed by atoms with Crippen LogP contribution >= 0.6 is 11.3 Å². The number of rotatable bonds is 2. The Bertz CT molecular complexity index is 575. The molecule has 1 saturated carbocycles. The Kier molecular flexibility index (Phi) is 2.01. The first-order valence-electron chi connectivity index (χ1n) is 5.25. The monoisotopic (exact) mass is 233 g/mol. The molecule has 0 bridgehead atoms. The predicted molar refractivity (Wildman–Crippen MR) is 62.8 cm³/mol. The summed E-state index contributed by atoms with van der Waals surface area (Å²) in [6.45, 7) is 1.99. The summed E-state index contributed by atoms with van der Waals surface area (Å²) in [5, 5.41) is 9.95. The number of carboxylic acids is 1. The average molecular weight is 233 g/mol. The van der Waals surface area contributed by atoms with Crippen LogP contribution < -0.4 is 0 Å². The van der Waals surface area contributed by atoms with Crippen molar-refractivity contribution in [2.45, 2.75) is 19.3 Å². The molecule has 82 valence electrons. The van der Waals surface area contributed by atoms with Crippen molar-refractivity contribution in [3.8, 4) is 0 Å². The van der Waals surface area contributed by atoms with Crippen LogP contribution in [0.5, 0.6) is 0 Å². The minimum absolute atomic E-state index is 0.175. The second-order valence-electron chi connectivity index (χ2n) is 4.25. The third-order valence-corrected chi connectivity index (χ3v) is 3.99. The van der Waals surface area contributed by atoms with Gasteiger partial charge in [-0.25, -0.2) is 4.98 Å². The zero-order valence-electron chi connectivity index (χ0n) is 8.80. The van der Waals surface area contributed by atoms with Crippen LogP contribution in [0.2, 0.25) is 0 Å². The fourth-order valence-corrected chi connectivity index (χ4v) is 3.00. The molecule has 0 saturated heterocycles. The number of aryl methyl sites for hydroxylation is 1. The van der Waals surface area contributed by atoms with Crippen LogP contribution in [0.25, 0.3) is 10.2 Å². The van der Waals surface area contributed by atoms with Crippen LogP contribution in [-0.2, 0) is 4.79 Å². The SMILES string of the molecule is Cc1nc2ccc(C3CC3C(=O)O)cc2s1. The molecule has 2 atom stereocenters. The summed E-state index contributed by atoms with van der Waals surface area (Å²) in [5.41, 5.74) is 2.15. The van der Waals surface area contributed by atoms with Crippen molar-refractivity contribution in [1.29, 1.82) is 0 Å². The molecule has 1 N–H and O–H groups in total. The van der Waals surface area contributed by atoms with Gasteiger partial charge in [0, 0.05) is 0 Å². The number of benzene rings is 1. The van der Waals surface area contributed by atoms with E-state index in [1.165, 1.54) is 0 Å². The number of carbonyl (C=O) groups is 1. The van der Waals surface area contributed by atoms with E-state index < -0.39 is 5.97 Å². The summed E-state index contributed by atoms with van der Waals surface area (Å²) in [6.07, 6.45) is 0.776. The van der Waals surface area contributed by atoms with Crippen molar-refractivity contribution in [3.05, 3.63) is 28.8 Å². The quantitative estimate of drug-likeness (QED) is 0.867. The third kappa shape index (κ3) is 1.50. The van der Waals surface area contributed by atoms with Gasteiger partial charge in [0.15, 0.2) is 0 Å².